The van der Waals surface area contributed by atoms with Crippen molar-refractivity contribution >= 4 is 34.4 Å². The molecule has 136 valence electrons. The first-order valence-corrected chi connectivity index (χ1v) is 9.94. The van der Waals surface area contributed by atoms with Crippen LogP contribution >= 0.6 is 23.4 Å². The first kappa shape index (κ1) is 17.9. The molecule has 27 heavy (non-hydrogen) atoms. The van der Waals surface area contributed by atoms with Gasteiger partial charge in [0.25, 0.3) is 0 Å². The van der Waals surface area contributed by atoms with Crippen LogP contribution in [0.4, 0.5) is 0 Å². The third kappa shape index (κ3) is 4.26. The number of hydrogen-bond acceptors (Lipinski definition) is 4. The second kappa shape index (κ2) is 8.03. The van der Waals surface area contributed by atoms with Gasteiger partial charge in [0.15, 0.2) is 5.16 Å². The number of pyridine rings is 1. The van der Waals surface area contributed by atoms with E-state index in [1.165, 1.54) is 0 Å². The predicted octanol–water partition coefficient (Wildman–Crippen LogP) is 5.79. The van der Waals surface area contributed by atoms with Crippen LogP contribution in [0.25, 0.3) is 11.0 Å². The summed E-state index contributed by atoms with van der Waals surface area (Å²) in [7, 11) is 0. The van der Waals surface area contributed by atoms with Gasteiger partial charge in [-0.15, -0.1) is 0 Å². The Bertz CT molecular complexity index is 1030. The van der Waals surface area contributed by atoms with E-state index in [0.29, 0.717) is 6.61 Å². The lowest BCUT2D eigenvalue weighted by Gasteiger charge is -2.12. The van der Waals surface area contributed by atoms with E-state index in [-0.39, 0.29) is 0 Å². The Morgan fingerprint density at radius 2 is 1.89 bits per heavy atom. The fourth-order valence-electron chi connectivity index (χ4n) is 2.74. The number of aromatic amines is 1. The van der Waals surface area contributed by atoms with Crippen LogP contribution in [0.3, 0.4) is 0 Å². The number of imidazole rings is 1. The molecule has 0 saturated carbocycles. The molecule has 0 aliphatic heterocycles. The van der Waals surface area contributed by atoms with Gasteiger partial charge in [0.05, 0.1) is 16.7 Å². The highest BCUT2D eigenvalue weighted by Crippen LogP contribution is 2.27. The molecule has 0 spiro atoms. The molecular formula is C21H18ClN3OS. The number of nitrogens with one attached hydrogen (secondary N) is 1. The van der Waals surface area contributed by atoms with Crippen LogP contribution in [0.2, 0.25) is 5.02 Å². The molecule has 0 bridgehead atoms. The topological polar surface area (TPSA) is 50.8 Å². The largest absolute Gasteiger partial charge is 0.489 e. The van der Waals surface area contributed by atoms with Crippen molar-refractivity contribution in [2.45, 2.75) is 24.4 Å². The van der Waals surface area contributed by atoms with E-state index >= 15 is 0 Å². The van der Waals surface area contributed by atoms with Crippen molar-refractivity contribution in [3.63, 3.8) is 0 Å². The van der Waals surface area contributed by atoms with Crippen LogP contribution in [-0.4, -0.2) is 15.0 Å². The quantitative estimate of drug-likeness (QED) is 0.420. The first-order chi connectivity index (χ1) is 13.2. The van der Waals surface area contributed by atoms with Gasteiger partial charge < -0.3 is 9.72 Å². The number of benzene rings is 2. The van der Waals surface area contributed by atoms with Crippen LogP contribution in [-0.2, 0) is 12.4 Å². The third-order valence-electron chi connectivity index (χ3n) is 4.28. The maximum atomic E-state index is 5.99. The number of H-pyrrole nitrogens is 1. The van der Waals surface area contributed by atoms with Gasteiger partial charge in [-0.25, -0.2) is 4.98 Å². The van der Waals surface area contributed by atoms with Crippen LogP contribution < -0.4 is 4.74 Å². The first-order valence-electron chi connectivity index (χ1n) is 8.58. The second-order valence-corrected chi connectivity index (χ2v) is 7.54. The van der Waals surface area contributed by atoms with E-state index in [2.05, 4.69) is 15.0 Å². The Hall–Kier alpha value is -2.50. The van der Waals surface area contributed by atoms with Gasteiger partial charge in [-0.1, -0.05) is 47.6 Å². The minimum absolute atomic E-state index is 0.498. The zero-order chi connectivity index (χ0) is 18.6. The monoisotopic (exact) mass is 395 g/mol. The molecule has 2 aromatic heterocycles. The summed E-state index contributed by atoms with van der Waals surface area (Å²) in [6.07, 6.45) is 1.79. The molecule has 0 fully saturated rings. The molecule has 2 aromatic carbocycles. The number of fused-ring (bicyclic) bond motifs is 1. The summed E-state index contributed by atoms with van der Waals surface area (Å²) in [6, 6.07) is 17.6. The van der Waals surface area contributed by atoms with Crippen molar-refractivity contribution in [2.75, 3.05) is 0 Å². The minimum atomic E-state index is 0.498. The van der Waals surface area contributed by atoms with Gasteiger partial charge in [0.2, 0.25) is 0 Å². The maximum absolute atomic E-state index is 5.99. The number of para-hydroxylation sites is 2. The lowest BCUT2D eigenvalue weighted by Crippen LogP contribution is -2.00. The molecule has 1 N–H and O–H groups in total. The summed E-state index contributed by atoms with van der Waals surface area (Å²) in [6.45, 7) is 2.54. The number of rotatable bonds is 6. The van der Waals surface area contributed by atoms with E-state index < -0.39 is 0 Å². The third-order valence-corrected chi connectivity index (χ3v) is 5.42. The minimum Gasteiger partial charge on any atom is -0.489 e. The molecule has 4 rings (SSSR count). The summed E-state index contributed by atoms with van der Waals surface area (Å²) in [5.41, 5.74) is 5.15. The molecule has 4 nitrogen and oxygen atoms in total. The number of aromatic nitrogens is 3. The average molecular weight is 396 g/mol. The normalized spacial score (nSPS) is 11.0. The van der Waals surface area contributed by atoms with Crippen molar-refractivity contribution in [1.82, 2.24) is 15.0 Å². The number of nitrogens with zero attached hydrogens (tertiary/aromatic N) is 2. The lowest BCUT2D eigenvalue weighted by atomic mass is 10.2. The van der Waals surface area contributed by atoms with Gasteiger partial charge in [0, 0.05) is 22.5 Å². The molecule has 0 unspecified atom stereocenters. The molecule has 0 radical (unpaired) electrons. The molecule has 6 heteroatoms. The van der Waals surface area contributed by atoms with E-state index in [1.54, 1.807) is 18.0 Å². The second-order valence-electron chi connectivity index (χ2n) is 6.14. The highest BCUT2D eigenvalue weighted by molar-refractivity contribution is 7.98. The van der Waals surface area contributed by atoms with E-state index in [4.69, 9.17) is 16.3 Å². The van der Waals surface area contributed by atoms with Crippen molar-refractivity contribution < 1.29 is 4.74 Å². The lowest BCUT2D eigenvalue weighted by molar-refractivity contribution is 0.303. The summed E-state index contributed by atoms with van der Waals surface area (Å²) in [5, 5.41) is 1.62. The molecule has 0 saturated heterocycles. The summed E-state index contributed by atoms with van der Waals surface area (Å²) in [5.74, 6) is 1.57. The molecule has 0 amide bonds. The summed E-state index contributed by atoms with van der Waals surface area (Å²) >= 11 is 7.57. The molecule has 0 aliphatic carbocycles. The Morgan fingerprint density at radius 1 is 1.07 bits per heavy atom. The van der Waals surface area contributed by atoms with E-state index in [9.17, 15) is 0 Å². The van der Waals surface area contributed by atoms with Crippen LogP contribution in [0.5, 0.6) is 5.75 Å². The van der Waals surface area contributed by atoms with Crippen LogP contribution in [0.15, 0.2) is 66.0 Å². The van der Waals surface area contributed by atoms with Crippen molar-refractivity contribution in [1.29, 1.82) is 0 Å². The van der Waals surface area contributed by atoms with Crippen molar-refractivity contribution in [3.05, 3.63) is 82.6 Å². The Kier molecular flexibility index (Phi) is 5.32. The molecule has 0 atom stereocenters. The van der Waals surface area contributed by atoms with Gasteiger partial charge in [-0.2, -0.15) is 0 Å². The van der Waals surface area contributed by atoms with Crippen molar-refractivity contribution in [2.24, 2.45) is 0 Å². The summed E-state index contributed by atoms with van der Waals surface area (Å²) in [4.78, 5) is 12.4. The number of halogens is 1. The molecule has 2 heterocycles. The smallest absolute Gasteiger partial charge is 0.166 e. The van der Waals surface area contributed by atoms with Crippen molar-refractivity contribution in [3.8, 4) is 5.75 Å². The highest BCUT2D eigenvalue weighted by Gasteiger charge is 2.09. The van der Waals surface area contributed by atoms with Gasteiger partial charge >= 0.3 is 0 Å². The van der Waals surface area contributed by atoms with E-state index in [0.717, 1.165) is 49.5 Å². The Morgan fingerprint density at radius 3 is 2.70 bits per heavy atom. The Balaban J connectivity index is 1.43. The van der Waals surface area contributed by atoms with Gasteiger partial charge in [-0.3, -0.25) is 4.98 Å². The Labute approximate surface area is 167 Å². The maximum Gasteiger partial charge on any atom is 0.166 e. The van der Waals surface area contributed by atoms with Gasteiger partial charge in [-0.05, 0) is 42.8 Å². The molecular weight excluding hydrogens is 378 g/mol. The average Bonchev–Trinajstić information content (AvgIpc) is 3.10. The van der Waals surface area contributed by atoms with E-state index in [1.807, 2.05) is 61.5 Å². The number of thioether (sulfide) groups is 1. The standard InChI is InChI=1S/C21H18ClN3OS/c1-14-19(13-27-21-24-17-4-2-3-5-18(17)25-21)23-11-10-20(14)26-12-15-6-8-16(22)9-7-15/h2-11H,12-13H2,1H3,(H,24,25). The van der Waals surface area contributed by atoms with Crippen LogP contribution in [0, 0.1) is 6.92 Å². The van der Waals surface area contributed by atoms with Gasteiger partial charge in [0.1, 0.15) is 12.4 Å². The van der Waals surface area contributed by atoms with Crippen LogP contribution in [0.1, 0.15) is 16.8 Å². The number of ether oxygens (including phenoxy) is 1. The zero-order valence-corrected chi connectivity index (χ0v) is 16.3. The molecule has 0 aliphatic rings. The fourth-order valence-corrected chi connectivity index (χ4v) is 3.77. The fraction of sp³-hybridized carbons (Fsp3) is 0.143. The molecule has 4 aromatic rings. The zero-order valence-electron chi connectivity index (χ0n) is 14.8. The summed E-state index contributed by atoms with van der Waals surface area (Å²) < 4.78 is 5.99. The predicted molar refractivity (Wildman–Crippen MR) is 110 cm³/mol. The highest BCUT2D eigenvalue weighted by atomic mass is 35.5. The SMILES string of the molecule is Cc1c(OCc2ccc(Cl)cc2)ccnc1CSc1nc2ccccc2[nH]1. The number of hydrogen-bond donors (Lipinski definition) is 1.